The molecule has 2 aromatic rings. The smallest absolute Gasteiger partial charge is 0.262 e. The Morgan fingerprint density at radius 3 is 2.04 bits per heavy atom. The number of nitrogens with zero attached hydrogens (tertiary/aromatic N) is 1. The highest BCUT2D eigenvalue weighted by atomic mass is 16.2. The molecule has 0 saturated heterocycles. The predicted octanol–water partition coefficient (Wildman–Crippen LogP) is 3.17. The van der Waals surface area contributed by atoms with E-state index in [2.05, 4.69) is 0 Å². The van der Waals surface area contributed by atoms with E-state index >= 15 is 0 Å². The third kappa shape index (κ3) is 2.36. The minimum absolute atomic E-state index is 0.225. The molecule has 116 valence electrons. The van der Waals surface area contributed by atoms with Gasteiger partial charge in [-0.2, -0.15) is 0 Å². The van der Waals surface area contributed by atoms with Gasteiger partial charge < -0.3 is 0 Å². The van der Waals surface area contributed by atoms with Crippen molar-refractivity contribution in [3.8, 4) is 0 Å². The van der Waals surface area contributed by atoms with Crippen LogP contribution in [0.2, 0.25) is 0 Å². The van der Waals surface area contributed by atoms with Crippen molar-refractivity contribution in [2.24, 2.45) is 0 Å². The highest BCUT2D eigenvalue weighted by Gasteiger charge is 2.40. The Morgan fingerprint density at radius 2 is 1.52 bits per heavy atom. The van der Waals surface area contributed by atoms with Crippen LogP contribution in [-0.2, 0) is 0 Å². The van der Waals surface area contributed by atoms with Crippen molar-refractivity contribution in [2.45, 2.75) is 26.8 Å². The zero-order valence-electron chi connectivity index (χ0n) is 13.3. The molecule has 2 amide bonds. The third-order valence-corrected chi connectivity index (χ3v) is 4.24. The van der Waals surface area contributed by atoms with Crippen molar-refractivity contribution in [1.29, 1.82) is 0 Å². The highest BCUT2D eigenvalue weighted by molar-refractivity contribution is 6.23. The van der Waals surface area contributed by atoms with Crippen LogP contribution < -0.4 is 0 Å². The zero-order valence-corrected chi connectivity index (χ0v) is 13.3. The SMILES string of the molecule is Cc1ccc(C(=O)C(C)N2C(=O)c3ccccc3C2=O)c(C)c1. The summed E-state index contributed by atoms with van der Waals surface area (Å²) in [5.74, 6) is -1.04. The molecule has 1 heterocycles. The van der Waals surface area contributed by atoms with Gasteiger partial charge in [0, 0.05) is 5.56 Å². The minimum atomic E-state index is -0.830. The molecule has 1 aliphatic rings. The number of ketones is 1. The second kappa shape index (κ2) is 5.47. The fourth-order valence-corrected chi connectivity index (χ4v) is 2.99. The molecule has 0 aliphatic carbocycles. The van der Waals surface area contributed by atoms with Gasteiger partial charge in [-0.1, -0.05) is 35.9 Å². The van der Waals surface area contributed by atoms with Gasteiger partial charge in [0.15, 0.2) is 5.78 Å². The minimum Gasteiger partial charge on any atom is -0.292 e. The number of hydrogen-bond acceptors (Lipinski definition) is 3. The van der Waals surface area contributed by atoms with E-state index in [1.807, 2.05) is 26.0 Å². The highest BCUT2D eigenvalue weighted by Crippen LogP contribution is 2.26. The van der Waals surface area contributed by atoms with Gasteiger partial charge in [0.2, 0.25) is 0 Å². The molecule has 0 fully saturated rings. The molecule has 1 aliphatic heterocycles. The van der Waals surface area contributed by atoms with Crippen molar-refractivity contribution in [2.75, 3.05) is 0 Å². The van der Waals surface area contributed by atoms with Gasteiger partial charge in [0.25, 0.3) is 11.8 Å². The largest absolute Gasteiger partial charge is 0.292 e. The molecule has 2 aromatic carbocycles. The molecule has 0 bridgehead atoms. The van der Waals surface area contributed by atoms with Gasteiger partial charge in [-0.3, -0.25) is 19.3 Å². The Balaban J connectivity index is 1.95. The summed E-state index contributed by atoms with van der Waals surface area (Å²) < 4.78 is 0. The molecular weight excluding hydrogens is 290 g/mol. The average molecular weight is 307 g/mol. The molecule has 3 rings (SSSR count). The first kappa shape index (κ1) is 15.2. The predicted molar refractivity (Wildman–Crippen MR) is 86.7 cm³/mol. The molecule has 0 saturated carbocycles. The molecule has 4 nitrogen and oxygen atoms in total. The topological polar surface area (TPSA) is 54.5 Å². The Kier molecular flexibility index (Phi) is 3.60. The summed E-state index contributed by atoms with van der Waals surface area (Å²) in [6.07, 6.45) is 0. The van der Waals surface area contributed by atoms with Crippen molar-refractivity contribution in [3.63, 3.8) is 0 Å². The number of benzene rings is 2. The van der Waals surface area contributed by atoms with Crippen LogP contribution in [0.25, 0.3) is 0 Å². The molecule has 1 atom stereocenters. The first-order valence-electron chi connectivity index (χ1n) is 7.50. The van der Waals surface area contributed by atoms with E-state index in [-0.39, 0.29) is 5.78 Å². The van der Waals surface area contributed by atoms with Crippen LogP contribution in [0.3, 0.4) is 0 Å². The van der Waals surface area contributed by atoms with E-state index in [0.29, 0.717) is 16.7 Å². The lowest BCUT2D eigenvalue weighted by molar-refractivity contribution is 0.0555. The third-order valence-electron chi connectivity index (χ3n) is 4.24. The lowest BCUT2D eigenvalue weighted by Crippen LogP contribution is -2.43. The van der Waals surface area contributed by atoms with E-state index in [0.717, 1.165) is 16.0 Å². The molecule has 0 radical (unpaired) electrons. The van der Waals surface area contributed by atoms with E-state index in [1.165, 1.54) is 0 Å². The van der Waals surface area contributed by atoms with E-state index in [4.69, 9.17) is 0 Å². The molecular formula is C19H17NO3. The Bertz CT molecular complexity index is 803. The summed E-state index contributed by atoms with van der Waals surface area (Å²) in [7, 11) is 0. The van der Waals surface area contributed by atoms with Gasteiger partial charge in [-0.15, -0.1) is 0 Å². The van der Waals surface area contributed by atoms with Gasteiger partial charge in [0.05, 0.1) is 11.1 Å². The lowest BCUT2D eigenvalue weighted by Gasteiger charge is -2.22. The van der Waals surface area contributed by atoms with Gasteiger partial charge in [-0.25, -0.2) is 0 Å². The van der Waals surface area contributed by atoms with E-state index in [1.54, 1.807) is 37.3 Å². The van der Waals surface area contributed by atoms with E-state index in [9.17, 15) is 14.4 Å². The quantitative estimate of drug-likeness (QED) is 0.646. The van der Waals surface area contributed by atoms with Crippen LogP contribution in [0.5, 0.6) is 0 Å². The monoisotopic (exact) mass is 307 g/mol. The van der Waals surface area contributed by atoms with Crippen LogP contribution in [0.4, 0.5) is 0 Å². The standard InChI is InChI=1S/C19H17NO3/c1-11-8-9-14(12(2)10-11)17(21)13(3)20-18(22)15-6-4-5-7-16(15)19(20)23/h4-10,13H,1-3H3. The number of imide groups is 1. The van der Waals surface area contributed by atoms with Crippen LogP contribution in [0.15, 0.2) is 42.5 Å². The number of hydrogen-bond donors (Lipinski definition) is 0. The summed E-state index contributed by atoms with van der Waals surface area (Å²) >= 11 is 0. The molecule has 23 heavy (non-hydrogen) atoms. The lowest BCUT2D eigenvalue weighted by atomic mass is 9.98. The number of fused-ring (bicyclic) bond motifs is 1. The van der Waals surface area contributed by atoms with Gasteiger partial charge in [0.1, 0.15) is 6.04 Å². The van der Waals surface area contributed by atoms with Crippen LogP contribution in [-0.4, -0.2) is 28.5 Å². The second-order valence-corrected chi connectivity index (χ2v) is 5.88. The number of carbonyl (C=O) groups excluding carboxylic acids is 3. The summed E-state index contributed by atoms with van der Waals surface area (Å²) in [5.41, 5.74) is 3.17. The normalized spacial score (nSPS) is 14.8. The Morgan fingerprint density at radius 1 is 0.957 bits per heavy atom. The maximum absolute atomic E-state index is 12.8. The number of Topliss-reactive ketones (excluding diaryl/α,β-unsaturated/α-hetero) is 1. The van der Waals surface area contributed by atoms with Crippen molar-refractivity contribution in [3.05, 3.63) is 70.3 Å². The summed E-state index contributed by atoms with van der Waals surface area (Å²) in [5, 5.41) is 0. The van der Waals surface area contributed by atoms with Gasteiger partial charge >= 0.3 is 0 Å². The van der Waals surface area contributed by atoms with Crippen molar-refractivity contribution >= 4 is 17.6 Å². The second-order valence-electron chi connectivity index (χ2n) is 5.88. The molecule has 4 heteroatoms. The fourth-order valence-electron chi connectivity index (χ4n) is 2.99. The number of rotatable bonds is 3. The van der Waals surface area contributed by atoms with Crippen LogP contribution in [0, 0.1) is 13.8 Å². The summed E-state index contributed by atoms with van der Waals surface area (Å²) in [4.78, 5) is 38.8. The number of aryl methyl sites for hydroxylation is 2. The zero-order chi connectivity index (χ0) is 16.7. The summed E-state index contributed by atoms with van der Waals surface area (Å²) in [6.45, 7) is 5.41. The fraction of sp³-hybridized carbons (Fsp3) is 0.211. The van der Waals surface area contributed by atoms with Crippen molar-refractivity contribution in [1.82, 2.24) is 4.90 Å². The Labute approximate surface area is 134 Å². The summed E-state index contributed by atoms with van der Waals surface area (Å²) in [6, 6.07) is 11.4. The molecule has 0 N–H and O–H groups in total. The first-order valence-corrected chi connectivity index (χ1v) is 7.50. The van der Waals surface area contributed by atoms with Gasteiger partial charge in [-0.05, 0) is 38.5 Å². The van der Waals surface area contributed by atoms with Crippen molar-refractivity contribution < 1.29 is 14.4 Å². The number of carbonyl (C=O) groups is 3. The average Bonchev–Trinajstić information content (AvgIpc) is 2.78. The Hall–Kier alpha value is -2.75. The van der Waals surface area contributed by atoms with Crippen LogP contribution >= 0.6 is 0 Å². The first-order chi connectivity index (χ1) is 10.9. The molecule has 0 spiro atoms. The maximum atomic E-state index is 12.8. The maximum Gasteiger partial charge on any atom is 0.262 e. The number of amides is 2. The van der Waals surface area contributed by atoms with E-state index < -0.39 is 17.9 Å². The van der Waals surface area contributed by atoms with Crippen LogP contribution in [0.1, 0.15) is 49.1 Å². The molecule has 0 aromatic heterocycles. The molecule has 1 unspecified atom stereocenters.